The van der Waals surface area contributed by atoms with Gasteiger partial charge in [-0.05, 0) is 25.0 Å². The van der Waals surface area contributed by atoms with Crippen LogP contribution in [0.5, 0.6) is 0 Å². The van der Waals surface area contributed by atoms with Crippen molar-refractivity contribution in [3.8, 4) is 0 Å². The summed E-state index contributed by atoms with van der Waals surface area (Å²) in [4.78, 5) is 10.1. The van der Waals surface area contributed by atoms with Gasteiger partial charge in [0.2, 0.25) is 10.0 Å². The topological polar surface area (TPSA) is 121 Å². The number of sulfonamides is 1. The van der Waals surface area contributed by atoms with E-state index in [4.69, 9.17) is 0 Å². The molecule has 0 saturated carbocycles. The van der Waals surface area contributed by atoms with Crippen molar-refractivity contribution in [3.05, 3.63) is 33.4 Å². The number of β-amino-alcohol motifs (C(OH)–C–C–N with tert-alkyl or cyclic N) is 2. The summed E-state index contributed by atoms with van der Waals surface area (Å²) >= 11 is 0. The fourth-order valence-corrected chi connectivity index (χ4v) is 4.05. The van der Waals surface area contributed by atoms with Gasteiger partial charge in [0.05, 0.1) is 22.0 Å². The molecule has 0 aromatic heterocycles. The predicted molar refractivity (Wildman–Crippen MR) is 73.3 cm³/mol. The van der Waals surface area contributed by atoms with Crippen LogP contribution in [0, 0.1) is 24.0 Å². The quantitative estimate of drug-likeness (QED) is 0.595. The van der Waals surface area contributed by atoms with Crippen LogP contribution in [0.25, 0.3) is 0 Å². The van der Waals surface area contributed by atoms with Crippen LogP contribution < -0.4 is 0 Å². The van der Waals surface area contributed by atoms with Crippen molar-refractivity contribution in [1.29, 1.82) is 0 Å². The van der Waals surface area contributed by atoms with Gasteiger partial charge in [-0.1, -0.05) is 0 Å². The number of nitro groups is 1. The Morgan fingerprint density at radius 2 is 1.76 bits per heavy atom. The fourth-order valence-electron chi connectivity index (χ4n) is 2.25. The zero-order valence-corrected chi connectivity index (χ0v) is 12.4. The highest BCUT2D eigenvalue weighted by Gasteiger charge is 2.38. The van der Waals surface area contributed by atoms with Gasteiger partial charge in [0.25, 0.3) is 5.69 Å². The normalized spacial score (nSPS) is 23.4. The minimum absolute atomic E-state index is 0.171. The first-order valence-electron chi connectivity index (χ1n) is 6.26. The van der Waals surface area contributed by atoms with Crippen LogP contribution in [0.1, 0.15) is 11.1 Å². The summed E-state index contributed by atoms with van der Waals surface area (Å²) in [6.45, 7) is 2.69. The third-order valence-electron chi connectivity index (χ3n) is 3.66. The van der Waals surface area contributed by atoms with Crippen LogP contribution in [0.15, 0.2) is 17.0 Å². The van der Waals surface area contributed by atoms with Crippen LogP contribution in [-0.4, -0.2) is 53.2 Å². The van der Waals surface area contributed by atoms with E-state index >= 15 is 0 Å². The minimum atomic E-state index is -4.00. The summed E-state index contributed by atoms with van der Waals surface area (Å²) in [5.41, 5.74) is 0.594. The number of aliphatic hydroxyl groups excluding tert-OH is 2. The molecule has 2 N–H and O–H groups in total. The highest BCUT2D eigenvalue weighted by molar-refractivity contribution is 7.89. The number of nitrogens with zero attached hydrogens (tertiary/aromatic N) is 2. The van der Waals surface area contributed by atoms with E-state index in [2.05, 4.69) is 0 Å². The van der Waals surface area contributed by atoms with E-state index in [1.54, 1.807) is 13.8 Å². The zero-order valence-electron chi connectivity index (χ0n) is 11.6. The highest BCUT2D eigenvalue weighted by Crippen LogP contribution is 2.29. The van der Waals surface area contributed by atoms with Crippen molar-refractivity contribution >= 4 is 15.7 Å². The first kappa shape index (κ1) is 15.8. The van der Waals surface area contributed by atoms with Gasteiger partial charge in [-0.2, -0.15) is 4.31 Å². The SMILES string of the molecule is Cc1cc([N+](=O)[O-])cc(S(=O)(=O)N2CC(O)C(O)C2)c1C. The number of benzene rings is 1. The van der Waals surface area contributed by atoms with Gasteiger partial charge >= 0.3 is 0 Å². The third-order valence-corrected chi connectivity index (χ3v) is 5.62. The van der Waals surface area contributed by atoms with Gasteiger partial charge in [0, 0.05) is 25.2 Å². The molecule has 0 bridgehead atoms. The van der Waals surface area contributed by atoms with E-state index in [9.17, 15) is 28.7 Å². The molecule has 1 aliphatic heterocycles. The molecule has 1 aromatic carbocycles. The van der Waals surface area contributed by atoms with Crippen molar-refractivity contribution in [1.82, 2.24) is 4.31 Å². The second-order valence-corrected chi connectivity index (χ2v) is 7.01. The van der Waals surface area contributed by atoms with Gasteiger partial charge in [-0.15, -0.1) is 0 Å². The van der Waals surface area contributed by atoms with Crippen LogP contribution in [0.4, 0.5) is 5.69 Å². The van der Waals surface area contributed by atoms with Gasteiger partial charge in [0.1, 0.15) is 0 Å². The molecule has 0 spiro atoms. The maximum Gasteiger partial charge on any atom is 0.271 e. The number of aliphatic hydroxyl groups is 2. The molecule has 2 atom stereocenters. The summed E-state index contributed by atoms with van der Waals surface area (Å²) in [5, 5.41) is 29.8. The van der Waals surface area contributed by atoms with Crippen molar-refractivity contribution in [2.24, 2.45) is 0 Å². The summed E-state index contributed by atoms with van der Waals surface area (Å²) in [6.07, 6.45) is -2.31. The molecule has 0 aliphatic carbocycles. The zero-order chi connectivity index (χ0) is 15.9. The second kappa shape index (κ2) is 5.34. The third kappa shape index (κ3) is 2.77. The number of nitro benzene ring substituents is 1. The average molecular weight is 316 g/mol. The lowest BCUT2D eigenvalue weighted by molar-refractivity contribution is -0.385. The molecular formula is C12H16N2O6S. The average Bonchev–Trinajstić information content (AvgIpc) is 2.73. The molecule has 2 unspecified atom stereocenters. The van der Waals surface area contributed by atoms with E-state index in [-0.39, 0.29) is 23.7 Å². The number of rotatable bonds is 3. The Morgan fingerprint density at radius 3 is 2.24 bits per heavy atom. The molecule has 8 nitrogen and oxygen atoms in total. The van der Waals surface area contributed by atoms with Crippen LogP contribution in [0.2, 0.25) is 0 Å². The molecule has 1 heterocycles. The largest absolute Gasteiger partial charge is 0.389 e. The predicted octanol–water partition coefficient (Wildman–Crippen LogP) is -0.0623. The summed E-state index contributed by atoms with van der Waals surface area (Å²) in [5.74, 6) is 0. The molecule has 1 saturated heterocycles. The Hall–Kier alpha value is -1.55. The number of aryl methyl sites for hydroxylation is 1. The Kier molecular flexibility index (Phi) is 4.02. The molecule has 2 rings (SSSR count). The summed E-state index contributed by atoms with van der Waals surface area (Å²) in [6, 6.07) is 2.32. The summed E-state index contributed by atoms with van der Waals surface area (Å²) in [7, 11) is -4.00. The van der Waals surface area contributed by atoms with Crippen LogP contribution in [0.3, 0.4) is 0 Å². The van der Waals surface area contributed by atoms with Crippen molar-refractivity contribution in [2.45, 2.75) is 31.0 Å². The smallest absolute Gasteiger partial charge is 0.271 e. The minimum Gasteiger partial charge on any atom is -0.389 e. The Balaban J connectivity index is 2.52. The molecule has 0 amide bonds. The van der Waals surface area contributed by atoms with E-state index < -0.39 is 27.2 Å². The lowest BCUT2D eigenvalue weighted by Crippen LogP contribution is -2.30. The van der Waals surface area contributed by atoms with Crippen molar-refractivity contribution in [2.75, 3.05) is 13.1 Å². The first-order valence-corrected chi connectivity index (χ1v) is 7.70. The molecule has 1 aliphatic rings. The van der Waals surface area contributed by atoms with E-state index in [0.29, 0.717) is 11.1 Å². The monoisotopic (exact) mass is 316 g/mol. The molecule has 21 heavy (non-hydrogen) atoms. The van der Waals surface area contributed by atoms with E-state index in [1.165, 1.54) is 6.07 Å². The Labute approximate surface area is 121 Å². The number of hydrogen-bond donors (Lipinski definition) is 2. The van der Waals surface area contributed by atoms with Crippen molar-refractivity contribution < 1.29 is 23.6 Å². The maximum absolute atomic E-state index is 12.6. The fraction of sp³-hybridized carbons (Fsp3) is 0.500. The van der Waals surface area contributed by atoms with Crippen molar-refractivity contribution in [3.63, 3.8) is 0 Å². The Bertz CT molecular complexity index is 677. The first-order chi connectivity index (χ1) is 9.64. The molecule has 9 heteroatoms. The lowest BCUT2D eigenvalue weighted by atomic mass is 10.1. The van der Waals surface area contributed by atoms with Gasteiger partial charge in [-0.25, -0.2) is 8.42 Å². The standard InChI is InChI=1S/C12H16N2O6S/c1-7-3-9(14(17)18)4-12(8(7)2)21(19,20)13-5-10(15)11(16)6-13/h3-4,10-11,15-16H,5-6H2,1-2H3. The molecule has 1 fully saturated rings. The molecule has 0 radical (unpaired) electrons. The van der Waals surface area contributed by atoms with E-state index in [0.717, 1.165) is 10.4 Å². The van der Waals surface area contributed by atoms with Crippen LogP contribution >= 0.6 is 0 Å². The number of non-ortho nitro benzene ring substituents is 1. The molecule has 1 aromatic rings. The van der Waals surface area contributed by atoms with Gasteiger partial charge in [0.15, 0.2) is 0 Å². The lowest BCUT2D eigenvalue weighted by Gasteiger charge is -2.18. The Morgan fingerprint density at radius 1 is 1.24 bits per heavy atom. The van der Waals surface area contributed by atoms with Gasteiger partial charge < -0.3 is 10.2 Å². The van der Waals surface area contributed by atoms with E-state index in [1.807, 2.05) is 0 Å². The molecule has 116 valence electrons. The molecular weight excluding hydrogens is 300 g/mol. The highest BCUT2D eigenvalue weighted by atomic mass is 32.2. The summed E-state index contributed by atoms with van der Waals surface area (Å²) < 4.78 is 26.0. The van der Waals surface area contributed by atoms with Crippen LogP contribution in [-0.2, 0) is 10.0 Å². The number of hydrogen-bond acceptors (Lipinski definition) is 6. The maximum atomic E-state index is 12.6. The van der Waals surface area contributed by atoms with Gasteiger partial charge in [-0.3, -0.25) is 10.1 Å². The second-order valence-electron chi connectivity index (χ2n) is 5.10.